The molecule has 0 amide bonds. The van der Waals surface area contributed by atoms with Gasteiger partial charge in [-0.3, -0.25) is 0 Å². The van der Waals surface area contributed by atoms with Gasteiger partial charge in [-0.15, -0.1) is 0 Å². The Morgan fingerprint density at radius 1 is 1.60 bits per heavy atom. The zero-order chi connectivity index (χ0) is 3.70. The fourth-order valence-corrected chi connectivity index (χ4v) is 1.63. The van der Waals surface area contributed by atoms with Crippen molar-refractivity contribution in [1.29, 1.82) is 0 Å². The molecule has 3 nitrogen and oxygen atoms in total. The first-order valence-corrected chi connectivity index (χ1v) is 5.08. The van der Waals surface area contributed by atoms with Gasteiger partial charge in [-0.2, -0.15) is 0 Å². The molecule has 0 bridgehead atoms. The molecule has 0 aromatic rings. The second-order valence-corrected chi connectivity index (χ2v) is 5.73. The third kappa shape index (κ3) is 0.914. The Hall–Kier alpha value is 0.992. The van der Waals surface area contributed by atoms with Gasteiger partial charge in [-0.25, -0.2) is 0 Å². The Bertz CT molecular complexity index is 53.9. The van der Waals surface area contributed by atoms with Crippen molar-refractivity contribution < 1.29 is 8.48 Å². The molecule has 1 aliphatic heterocycles. The molecule has 0 aromatic carbocycles. The summed E-state index contributed by atoms with van der Waals surface area (Å²) in [4.78, 5) is 0. The summed E-state index contributed by atoms with van der Waals surface area (Å²) in [5, 5.41) is 0. The van der Waals surface area contributed by atoms with Gasteiger partial charge in [0, 0.05) is 0 Å². The summed E-state index contributed by atoms with van der Waals surface area (Å²) >= 11 is -2.42. The van der Waals surface area contributed by atoms with E-state index in [1.165, 1.54) is 0 Å². The molecule has 0 aliphatic carbocycles. The van der Waals surface area contributed by atoms with Crippen molar-refractivity contribution in [3.63, 3.8) is 0 Å². The van der Waals surface area contributed by atoms with Crippen molar-refractivity contribution >= 4 is 36.5 Å². The molecule has 0 atom stereocenters. The second kappa shape index (κ2) is 1.63. The van der Waals surface area contributed by atoms with Crippen LogP contribution in [-0.4, -0.2) is 29.3 Å². The third-order valence-corrected chi connectivity index (χ3v) is 5.37. The van der Waals surface area contributed by atoms with E-state index in [9.17, 15) is 4.21 Å². The van der Waals surface area contributed by atoms with Crippen molar-refractivity contribution in [2.24, 2.45) is 0 Å². The van der Waals surface area contributed by atoms with Crippen LogP contribution in [0, 0.1) is 0 Å². The number of rotatable bonds is 0. The van der Waals surface area contributed by atoms with Crippen molar-refractivity contribution in [3.05, 3.63) is 0 Å². The zero-order valence-electron chi connectivity index (χ0n) is 2.13. The van der Waals surface area contributed by atoms with Crippen LogP contribution in [0.3, 0.4) is 0 Å². The topological polar surface area (TPSA) is 35.5 Å². The van der Waals surface area contributed by atoms with E-state index in [0.29, 0.717) is 0 Å². The maximum atomic E-state index is 9.61. The normalized spacial score (nSPS) is 25.6. The van der Waals surface area contributed by atoms with Gasteiger partial charge in [0.05, 0.1) is 0 Å². The molecule has 1 aliphatic rings. The Morgan fingerprint density at radius 2 is 2.00 bits per heavy atom. The monoisotopic (exact) mass is 288 g/mol. The van der Waals surface area contributed by atoms with E-state index >= 15 is 0 Å². The molecule has 0 unspecified atom stereocenters. The van der Waals surface area contributed by atoms with E-state index in [1.807, 2.05) is 0 Å². The Kier molecular flexibility index (Phi) is 1.35. The summed E-state index contributed by atoms with van der Waals surface area (Å²) in [6.07, 6.45) is 0. The predicted octanol–water partition coefficient (Wildman–Crippen LogP) is -0.854. The minimum absolute atomic E-state index is 1.11. The molecule has 5 heavy (non-hydrogen) atoms. The van der Waals surface area contributed by atoms with E-state index in [-0.39, 0.29) is 0 Å². The average Bonchev–Trinajstić information content (AvgIpc) is 1.30. The van der Waals surface area contributed by atoms with E-state index in [1.54, 1.807) is 0 Å². The SMILES string of the molecule is O=S1[O][Pb][O]1. The summed E-state index contributed by atoms with van der Waals surface area (Å²) in [5.41, 5.74) is 0. The van der Waals surface area contributed by atoms with Crippen LogP contribution in [0.5, 0.6) is 0 Å². The van der Waals surface area contributed by atoms with Crippen LogP contribution in [0.1, 0.15) is 0 Å². The van der Waals surface area contributed by atoms with E-state index in [0.717, 1.165) is 0 Å². The predicted molar refractivity (Wildman–Crippen MR) is 16.1 cm³/mol. The Balaban J connectivity index is 2.32. The van der Waals surface area contributed by atoms with Crippen LogP contribution in [0.15, 0.2) is 0 Å². The molecule has 1 fully saturated rings. The molecule has 2 radical (unpaired) electrons. The first-order chi connectivity index (χ1) is 2.39. The molecular formula is O3PbS. The summed E-state index contributed by atoms with van der Waals surface area (Å²) < 4.78 is 18.4. The zero-order valence-corrected chi connectivity index (χ0v) is 6.84. The molecule has 5 heteroatoms. The summed E-state index contributed by atoms with van der Waals surface area (Å²) in [7, 11) is 0. The van der Waals surface area contributed by atoms with Crippen molar-refractivity contribution in [2.45, 2.75) is 0 Å². The van der Waals surface area contributed by atoms with E-state index in [4.69, 9.17) is 0 Å². The summed E-state index contributed by atoms with van der Waals surface area (Å²) in [5.74, 6) is 0. The van der Waals surface area contributed by atoms with Gasteiger partial charge in [-0.05, 0) is 0 Å². The standard InChI is InChI=1S/H2O3S.Pb/c1-4(2)3;/h(H2,1,2,3);/q;+2/p-2. The fourth-order valence-electron chi connectivity index (χ4n) is 0.0618. The molecule has 0 saturated carbocycles. The van der Waals surface area contributed by atoms with Gasteiger partial charge in [0.1, 0.15) is 0 Å². The van der Waals surface area contributed by atoms with Crippen LogP contribution in [-0.2, 0) is 15.6 Å². The average molecular weight is 287 g/mol. The first kappa shape index (κ1) is 4.16. The first-order valence-electron chi connectivity index (χ1n) is 0.908. The molecule has 0 N–H and O–H groups in total. The number of hydrogen-bond donors (Lipinski definition) is 0. The van der Waals surface area contributed by atoms with Gasteiger partial charge in [0.2, 0.25) is 0 Å². The summed E-state index contributed by atoms with van der Waals surface area (Å²) in [6, 6.07) is 0. The van der Waals surface area contributed by atoms with Crippen molar-refractivity contribution in [3.8, 4) is 0 Å². The molecule has 0 spiro atoms. The fraction of sp³-hybridized carbons (Fsp3) is 0. The van der Waals surface area contributed by atoms with Gasteiger partial charge in [-0.1, -0.05) is 0 Å². The van der Waals surface area contributed by atoms with E-state index < -0.39 is 36.5 Å². The minimum atomic E-state index is -1.31. The van der Waals surface area contributed by atoms with Crippen molar-refractivity contribution in [1.82, 2.24) is 0 Å². The summed E-state index contributed by atoms with van der Waals surface area (Å²) in [6.45, 7) is 0. The molecular weight excluding hydrogens is 287 g/mol. The molecule has 1 heterocycles. The Labute approximate surface area is 45.0 Å². The molecule has 1 rings (SSSR count). The van der Waals surface area contributed by atoms with Crippen LogP contribution in [0.2, 0.25) is 0 Å². The van der Waals surface area contributed by atoms with Gasteiger partial charge < -0.3 is 0 Å². The number of hydrogen-bond acceptors (Lipinski definition) is 3. The van der Waals surface area contributed by atoms with Gasteiger partial charge in [0.15, 0.2) is 0 Å². The van der Waals surface area contributed by atoms with Crippen LogP contribution < -0.4 is 0 Å². The van der Waals surface area contributed by atoms with Crippen LogP contribution in [0.4, 0.5) is 0 Å². The maximum absolute atomic E-state index is 9.61. The van der Waals surface area contributed by atoms with Crippen molar-refractivity contribution in [2.75, 3.05) is 0 Å². The third-order valence-electron chi connectivity index (χ3n) is 0.204. The molecule has 1 saturated heterocycles. The molecule has 0 aromatic heterocycles. The van der Waals surface area contributed by atoms with Gasteiger partial charge >= 0.3 is 45.0 Å². The Morgan fingerprint density at radius 3 is 2.00 bits per heavy atom. The quantitative estimate of drug-likeness (QED) is 0.544. The second-order valence-electron chi connectivity index (χ2n) is 0.454. The molecule has 28 valence electrons. The van der Waals surface area contributed by atoms with E-state index in [2.05, 4.69) is 4.27 Å². The van der Waals surface area contributed by atoms with Gasteiger partial charge in [0.25, 0.3) is 0 Å². The van der Waals surface area contributed by atoms with Crippen LogP contribution in [0.25, 0.3) is 0 Å². The van der Waals surface area contributed by atoms with Crippen LogP contribution >= 0.6 is 0 Å².